The van der Waals surface area contributed by atoms with Gasteiger partial charge < -0.3 is 15.5 Å². The molecule has 20 heavy (non-hydrogen) atoms. The molecule has 1 saturated heterocycles. The lowest BCUT2D eigenvalue weighted by atomic mass is 9.79. The zero-order valence-electron chi connectivity index (χ0n) is 13.2. The van der Waals surface area contributed by atoms with Crippen LogP contribution in [0.15, 0.2) is 0 Å². The van der Waals surface area contributed by atoms with Crippen LogP contribution in [0.25, 0.3) is 0 Å². The van der Waals surface area contributed by atoms with E-state index in [4.69, 9.17) is 0 Å². The Kier molecular flexibility index (Phi) is 5.85. The standard InChI is InChI=1S/C16H31N3O/c1-17-16(8-4-3-5-9-16)11-15(20)18-12-14-7-6-10-19(2)13-14/h14,17H,3-13H2,1-2H3,(H,18,20). The number of nitrogens with zero attached hydrogens (tertiary/aromatic N) is 1. The fourth-order valence-electron chi connectivity index (χ4n) is 3.81. The van der Waals surface area contributed by atoms with Gasteiger partial charge in [0, 0.05) is 25.0 Å². The number of amides is 1. The fraction of sp³-hybridized carbons (Fsp3) is 0.938. The fourth-order valence-corrected chi connectivity index (χ4v) is 3.81. The highest BCUT2D eigenvalue weighted by Gasteiger charge is 2.32. The van der Waals surface area contributed by atoms with Gasteiger partial charge in [0.1, 0.15) is 0 Å². The van der Waals surface area contributed by atoms with E-state index >= 15 is 0 Å². The summed E-state index contributed by atoms with van der Waals surface area (Å²) in [6, 6.07) is 0. The van der Waals surface area contributed by atoms with Crippen molar-refractivity contribution in [1.82, 2.24) is 15.5 Å². The third-order valence-corrected chi connectivity index (χ3v) is 5.15. The van der Waals surface area contributed by atoms with Gasteiger partial charge in [0.15, 0.2) is 0 Å². The minimum absolute atomic E-state index is 0.0612. The molecule has 1 aliphatic carbocycles. The Labute approximate surface area is 123 Å². The van der Waals surface area contributed by atoms with Crippen LogP contribution in [0, 0.1) is 5.92 Å². The smallest absolute Gasteiger partial charge is 0.221 e. The molecule has 2 N–H and O–H groups in total. The molecule has 0 aromatic rings. The van der Waals surface area contributed by atoms with Crippen molar-refractivity contribution in [3.63, 3.8) is 0 Å². The second kappa shape index (κ2) is 7.41. The molecule has 4 heteroatoms. The number of likely N-dealkylation sites (tertiary alicyclic amines) is 1. The van der Waals surface area contributed by atoms with Crippen molar-refractivity contribution < 1.29 is 4.79 Å². The van der Waals surface area contributed by atoms with E-state index < -0.39 is 0 Å². The molecule has 0 aromatic carbocycles. The summed E-state index contributed by atoms with van der Waals surface area (Å²) < 4.78 is 0. The normalized spacial score (nSPS) is 27.2. The molecule has 0 spiro atoms. The molecule has 2 rings (SSSR count). The predicted molar refractivity (Wildman–Crippen MR) is 82.7 cm³/mol. The molecule has 1 amide bonds. The Morgan fingerprint density at radius 2 is 2.00 bits per heavy atom. The summed E-state index contributed by atoms with van der Waals surface area (Å²) in [5, 5.41) is 6.60. The van der Waals surface area contributed by atoms with Crippen LogP contribution in [-0.2, 0) is 4.79 Å². The summed E-state index contributed by atoms with van der Waals surface area (Å²) in [5.74, 6) is 0.865. The second-order valence-corrected chi connectivity index (χ2v) is 6.84. The maximum absolute atomic E-state index is 12.2. The first-order valence-electron chi connectivity index (χ1n) is 8.28. The van der Waals surface area contributed by atoms with Crippen molar-refractivity contribution in [2.45, 2.75) is 56.9 Å². The molecule has 0 bridgehead atoms. The molecule has 1 heterocycles. The van der Waals surface area contributed by atoms with Gasteiger partial charge in [0.2, 0.25) is 5.91 Å². The van der Waals surface area contributed by atoms with Crippen LogP contribution in [0.4, 0.5) is 0 Å². The number of hydrogen-bond acceptors (Lipinski definition) is 3. The van der Waals surface area contributed by atoms with Crippen LogP contribution >= 0.6 is 0 Å². The number of piperidine rings is 1. The number of rotatable bonds is 5. The van der Waals surface area contributed by atoms with Crippen LogP contribution < -0.4 is 10.6 Å². The van der Waals surface area contributed by atoms with E-state index in [1.807, 2.05) is 7.05 Å². The first-order chi connectivity index (χ1) is 9.63. The van der Waals surface area contributed by atoms with Crippen LogP contribution in [-0.4, -0.2) is 50.1 Å². The lowest BCUT2D eigenvalue weighted by Gasteiger charge is -2.37. The molecule has 1 aliphatic heterocycles. The van der Waals surface area contributed by atoms with Crippen molar-refractivity contribution in [3.8, 4) is 0 Å². The van der Waals surface area contributed by atoms with Gasteiger partial charge in [-0.05, 0) is 52.2 Å². The summed E-state index contributed by atoms with van der Waals surface area (Å²) in [7, 11) is 4.18. The molecule has 2 aliphatic rings. The van der Waals surface area contributed by atoms with Crippen LogP contribution in [0.5, 0.6) is 0 Å². The third-order valence-electron chi connectivity index (χ3n) is 5.15. The molecule has 0 radical (unpaired) electrons. The maximum Gasteiger partial charge on any atom is 0.221 e. The number of hydrogen-bond donors (Lipinski definition) is 2. The van der Waals surface area contributed by atoms with Crippen LogP contribution in [0.3, 0.4) is 0 Å². The van der Waals surface area contributed by atoms with E-state index in [1.165, 1.54) is 38.6 Å². The van der Waals surface area contributed by atoms with E-state index in [0.29, 0.717) is 12.3 Å². The van der Waals surface area contributed by atoms with Crippen molar-refractivity contribution in [1.29, 1.82) is 0 Å². The van der Waals surface area contributed by atoms with Gasteiger partial charge in [0.05, 0.1) is 0 Å². The quantitative estimate of drug-likeness (QED) is 0.807. The van der Waals surface area contributed by atoms with E-state index in [9.17, 15) is 4.79 Å². The lowest BCUT2D eigenvalue weighted by molar-refractivity contribution is -0.123. The van der Waals surface area contributed by atoms with Gasteiger partial charge in [-0.1, -0.05) is 19.3 Å². The van der Waals surface area contributed by atoms with Crippen molar-refractivity contribution in [3.05, 3.63) is 0 Å². The van der Waals surface area contributed by atoms with Gasteiger partial charge in [0.25, 0.3) is 0 Å². The molecular formula is C16H31N3O. The maximum atomic E-state index is 12.2. The van der Waals surface area contributed by atoms with E-state index in [0.717, 1.165) is 25.9 Å². The molecule has 1 saturated carbocycles. The van der Waals surface area contributed by atoms with Gasteiger partial charge >= 0.3 is 0 Å². The molecular weight excluding hydrogens is 250 g/mol. The molecule has 116 valence electrons. The number of nitrogens with one attached hydrogen (secondary N) is 2. The number of carbonyl (C=O) groups is 1. The SMILES string of the molecule is CNC1(CC(=O)NCC2CCCN(C)C2)CCCCC1. The van der Waals surface area contributed by atoms with Crippen molar-refractivity contribution in [2.24, 2.45) is 5.92 Å². The Bertz CT molecular complexity index is 313. The highest BCUT2D eigenvalue weighted by molar-refractivity contribution is 5.77. The average molecular weight is 281 g/mol. The first-order valence-corrected chi connectivity index (χ1v) is 8.28. The summed E-state index contributed by atoms with van der Waals surface area (Å²) in [6.45, 7) is 3.17. The second-order valence-electron chi connectivity index (χ2n) is 6.84. The third kappa shape index (κ3) is 4.45. The zero-order chi connectivity index (χ0) is 14.4. The monoisotopic (exact) mass is 281 g/mol. The Morgan fingerprint density at radius 3 is 2.65 bits per heavy atom. The molecule has 4 nitrogen and oxygen atoms in total. The Hall–Kier alpha value is -0.610. The molecule has 2 fully saturated rings. The molecule has 0 aromatic heterocycles. The number of carbonyl (C=O) groups excluding carboxylic acids is 1. The van der Waals surface area contributed by atoms with E-state index in [2.05, 4.69) is 22.6 Å². The first kappa shape index (κ1) is 15.8. The van der Waals surface area contributed by atoms with Crippen LogP contribution in [0.2, 0.25) is 0 Å². The van der Waals surface area contributed by atoms with Gasteiger partial charge in [-0.25, -0.2) is 0 Å². The zero-order valence-corrected chi connectivity index (χ0v) is 13.2. The van der Waals surface area contributed by atoms with Crippen molar-refractivity contribution >= 4 is 5.91 Å². The minimum Gasteiger partial charge on any atom is -0.356 e. The molecule has 1 unspecified atom stereocenters. The summed E-state index contributed by atoms with van der Waals surface area (Å²) in [4.78, 5) is 14.6. The Morgan fingerprint density at radius 1 is 1.25 bits per heavy atom. The highest BCUT2D eigenvalue weighted by Crippen LogP contribution is 2.30. The minimum atomic E-state index is 0.0612. The molecule has 1 atom stereocenters. The predicted octanol–water partition coefficient (Wildman–Crippen LogP) is 1.76. The summed E-state index contributed by atoms with van der Waals surface area (Å²) in [6.07, 6.45) is 9.26. The van der Waals surface area contributed by atoms with Gasteiger partial charge in [-0.2, -0.15) is 0 Å². The van der Waals surface area contributed by atoms with E-state index in [-0.39, 0.29) is 11.4 Å². The topological polar surface area (TPSA) is 44.4 Å². The largest absolute Gasteiger partial charge is 0.356 e. The van der Waals surface area contributed by atoms with Gasteiger partial charge in [-0.3, -0.25) is 4.79 Å². The summed E-state index contributed by atoms with van der Waals surface area (Å²) in [5.41, 5.74) is 0.0612. The highest BCUT2D eigenvalue weighted by atomic mass is 16.1. The van der Waals surface area contributed by atoms with Crippen LogP contribution in [0.1, 0.15) is 51.4 Å². The summed E-state index contributed by atoms with van der Waals surface area (Å²) >= 11 is 0. The van der Waals surface area contributed by atoms with Crippen molar-refractivity contribution in [2.75, 3.05) is 33.7 Å². The van der Waals surface area contributed by atoms with E-state index in [1.54, 1.807) is 0 Å². The Balaban J connectivity index is 1.74. The lowest BCUT2D eigenvalue weighted by Crippen LogP contribution is -2.49. The average Bonchev–Trinajstić information content (AvgIpc) is 2.46. The van der Waals surface area contributed by atoms with Gasteiger partial charge in [-0.15, -0.1) is 0 Å².